The molecule has 5 nitrogen and oxygen atoms in total. The van der Waals surface area contributed by atoms with Crippen molar-refractivity contribution in [3.05, 3.63) is 0 Å². The summed E-state index contributed by atoms with van der Waals surface area (Å²) in [6, 6.07) is 0. The second-order valence-corrected chi connectivity index (χ2v) is 6.46. The zero-order chi connectivity index (χ0) is 15.0. The molecule has 1 saturated carbocycles. The minimum absolute atomic E-state index is 0.0512. The van der Waals surface area contributed by atoms with Crippen LogP contribution in [0.3, 0.4) is 0 Å². The lowest BCUT2D eigenvalue weighted by molar-refractivity contribution is -0.177. The number of aliphatic carboxylic acids is 2. The summed E-state index contributed by atoms with van der Waals surface area (Å²) >= 11 is 0. The molecule has 114 valence electrons. The third-order valence-electron chi connectivity index (χ3n) is 5.24. The average Bonchev–Trinajstić information content (AvgIpc) is 3.11. The largest absolute Gasteiger partial charge is 0.481 e. The lowest BCUT2D eigenvalue weighted by Gasteiger charge is -2.45. The van der Waals surface area contributed by atoms with E-state index in [1.807, 2.05) is 0 Å². The van der Waals surface area contributed by atoms with Gasteiger partial charge in [0.2, 0.25) is 0 Å². The zero-order valence-corrected chi connectivity index (χ0v) is 12.2. The smallest absolute Gasteiger partial charge is 0.310 e. The van der Waals surface area contributed by atoms with E-state index in [0.29, 0.717) is 19.3 Å². The minimum Gasteiger partial charge on any atom is -0.481 e. The molecule has 0 spiro atoms. The molecule has 2 rings (SSSR count). The quantitative estimate of drug-likeness (QED) is 0.554. The average molecular weight is 284 g/mol. The molecule has 0 amide bonds. The van der Waals surface area contributed by atoms with Gasteiger partial charge < -0.3 is 14.9 Å². The van der Waals surface area contributed by atoms with Crippen LogP contribution in [-0.2, 0) is 14.3 Å². The first-order chi connectivity index (χ1) is 9.37. The maximum Gasteiger partial charge on any atom is 0.310 e. The second-order valence-electron chi connectivity index (χ2n) is 6.46. The summed E-state index contributed by atoms with van der Waals surface area (Å²) in [4.78, 5) is 23.6. The molecule has 1 saturated heterocycles. The summed E-state index contributed by atoms with van der Waals surface area (Å²) in [6.07, 6.45) is 4.82. The first kappa shape index (κ1) is 15.3. The Labute approximate surface area is 119 Å². The van der Waals surface area contributed by atoms with E-state index in [1.54, 1.807) is 6.92 Å². The van der Waals surface area contributed by atoms with E-state index in [2.05, 4.69) is 6.92 Å². The third-order valence-corrected chi connectivity index (χ3v) is 5.24. The summed E-state index contributed by atoms with van der Waals surface area (Å²) < 4.78 is 5.43. The van der Waals surface area contributed by atoms with Crippen LogP contribution in [0.2, 0.25) is 0 Å². The summed E-state index contributed by atoms with van der Waals surface area (Å²) in [7, 11) is 0. The molecule has 4 atom stereocenters. The fourth-order valence-corrected chi connectivity index (χ4v) is 3.66. The van der Waals surface area contributed by atoms with Crippen LogP contribution in [-0.4, -0.2) is 34.4 Å². The maximum absolute atomic E-state index is 11.9. The van der Waals surface area contributed by atoms with E-state index in [1.165, 1.54) is 0 Å². The number of carbonyl (C=O) groups is 2. The Morgan fingerprint density at radius 2 is 1.75 bits per heavy atom. The van der Waals surface area contributed by atoms with Gasteiger partial charge in [0.1, 0.15) is 0 Å². The van der Waals surface area contributed by atoms with E-state index < -0.39 is 22.8 Å². The number of epoxide rings is 1. The Kier molecular flexibility index (Phi) is 4.09. The number of rotatable bonds is 7. The fourth-order valence-electron chi connectivity index (χ4n) is 3.66. The van der Waals surface area contributed by atoms with Crippen molar-refractivity contribution in [2.24, 2.45) is 10.8 Å². The fraction of sp³-hybridized carbons (Fsp3) is 0.867. The van der Waals surface area contributed by atoms with Crippen molar-refractivity contribution in [1.29, 1.82) is 0 Å². The van der Waals surface area contributed by atoms with Crippen molar-refractivity contribution in [3.8, 4) is 0 Å². The van der Waals surface area contributed by atoms with Gasteiger partial charge in [0.05, 0.1) is 23.0 Å². The molecule has 1 heterocycles. The molecule has 0 aromatic rings. The van der Waals surface area contributed by atoms with Crippen molar-refractivity contribution in [3.63, 3.8) is 0 Å². The number of hydrogen-bond acceptors (Lipinski definition) is 3. The molecule has 20 heavy (non-hydrogen) atoms. The summed E-state index contributed by atoms with van der Waals surface area (Å²) in [5.41, 5.74) is -2.42. The molecule has 0 aromatic carbocycles. The first-order valence-electron chi connectivity index (χ1n) is 7.49. The predicted molar refractivity (Wildman–Crippen MR) is 72.5 cm³/mol. The molecule has 0 aromatic heterocycles. The molecule has 2 aliphatic rings. The summed E-state index contributed by atoms with van der Waals surface area (Å²) in [6.45, 7) is 3.68. The van der Waals surface area contributed by atoms with Crippen molar-refractivity contribution < 1.29 is 24.5 Å². The van der Waals surface area contributed by atoms with Gasteiger partial charge in [-0.1, -0.05) is 32.6 Å². The normalized spacial score (nSPS) is 39.1. The Balaban J connectivity index is 2.22. The number of fused-ring (bicyclic) bond motifs is 1. The Morgan fingerprint density at radius 3 is 2.30 bits per heavy atom. The van der Waals surface area contributed by atoms with Gasteiger partial charge in [-0.15, -0.1) is 0 Å². The van der Waals surface area contributed by atoms with Gasteiger partial charge in [0, 0.05) is 0 Å². The Morgan fingerprint density at radius 1 is 1.10 bits per heavy atom. The van der Waals surface area contributed by atoms with Crippen LogP contribution in [0.5, 0.6) is 0 Å². The van der Waals surface area contributed by atoms with Crippen LogP contribution in [0.1, 0.15) is 58.8 Å². The SMILES string of the molecule is CCCCCCC1(C(=O)O)CC2OC2CC1(C)C(=O)O. The van der Waals surface area contributed by atoms with E-state index >= 15 is 0 Å². The number of carboxylic acids is 2. The number of carboxylic acid groups (broad SMARTS) is 2. The highest BCUT2D eigenvalue weighted by atomic mass is 16.6. The summed E-state index contributed by atoms with van der Waals surface area (Å²) in [5, 5.41) is 19.3. The van der Waals surface area contributed by atoms with Gasteiger partial charge in [-0.3, -0.25) is 9.59 Å². The van der Waals surface area contributed by atoms with Crippen LogP contribution in [0.15, 0.2) is 0 Å². The highest BCUT2D eigenvalue weighted by Crippen LogP contribution is 2.59. The zero-order valence-electron chi connectivity index (χ0n) is 12.2. The van der Waals surface area contributed by atoms with Crippen LogP contribution >= 0.6 is 0 Å². The van der Waals surface area contributed by atoms with E-state index in [-0.39, 0.29) is 12.2 Å². The van der Waals surface area contributed by atoms with Gasteiger partial charge in [-0.25, -0.2) is 0 Å². The molecular formula is C15H24O5. The van der Waals surface area contributed by atoms with Crippen molar-refractivity contribution in [2.45, 2.75) is 71.0 Å². The molecule has 5 heteroatoms. The van der Waals surface area contributed by atoms with Gasteiger partial charge in [-0.2, -0.15) is 0 Å². The van der Waals surface area contributed by atoms with Crippen LogP contribution in [0.25, 0.3) is 0 Å². The lowest BCUT2D eigenvalue weighted by Crippen LogP contribution is -2.54. The van der Waals surface area contributed by atoms with Crippen molar-refractivity contribution in [2.75, 3.05) is 0 Å². The predicted octanol–water partition coefficient (Wildman–Crippen LogP) is 2.68. The topological polar surface area (TPSA) is 87.1 Å². The molecule has 2 N–H and O–H groups in total. The number of unbranched alkanes of at least 4 members (excludes halogenated alkanes) is 3. The van der Waals surface area contributed by atoms with Crippen LogP contribution in [0.4, 0.5) is 0 Å². The van der Waals surface area contributed by atoms with E-state index in [4.69, 9.17) is 4.74 Å². The maximum atomic E-state index is 11.9. The molecule has 2 fully saturated rings. The number of hydrogen-bond donors (Lipinski definition) is 2. The summed E-state index contributed by atoms with van der Waals surface area (Å²) in [5.74, 6) is -1.99. The Hall–Kier alpha value is -1.10. The van der Waals surface area contributed by atoms with Gasteiger partial charge >= 0.3 is 11.9 Å². The van der Waals surface area contributed by atoms with Gasteiger partial charge in [0.15, 0.2) is 0 Å². The third kappa shape index (κ3) is 2.32. The number of ether oxygens (including phenoxy) is 1. The van der Waals surface area contributed by atoms with Crippen molar-refractivity contribution >= 4 is 11.9 Å². The molecule has 0 bridgehead atoms. The molecule has 1 aliphatic heterocycles. The molecule has 1 aliphatic carbocycles. The standard InChI is InChI=1S/C15H24O5/c1-3-4-5-6-7-15(13(18)19)9-11-10(20-11)8-14(15,2)12(16)17/h10-11H,3-9H2,1-2H3,(H,16,17)(H,18,19). The van der Waals surface area contributed by atoms with Gasteiger partial charge in [0.25, 0.3) is 0 Å². The minimum atomic E-state index is -1.23. The molecular weight excluding hydrogens is 260 g/mol. The first-order valence-corrected chi connectivity index (χ1v) is 7.49. The van der Waals surface area contributed by atoms with E-state index in [0.717, 1.165) is 25.7 Å². The highest BCUT2D eigenvalue weighted by Gasteiger charge is 2.67. The molecule has 0 radical (unpaired) electrons. The second kappa shape index (κ2) is 5.35. The molecule has 4 unspecified atom stereocenters. The highest BCUT2D eigenvalue weighted by molar-refractivity contribution is 5.87. The Bertz CT molecular complexity index is 407. The van der Waals surface area contributed by atoms with Crippen LogP contribution in [0, 0.1) is 10.8 Å². The monoisotopic (exact) mass is 284 g/mol. The van der Waals surface area contributed by atoms with Crippen molar-refractivity contribution in [1.82, 2.24) is 0 Å². The lowest BCUT2D eigenvalue weighted by atomic mass is 9.55. The van der Waals surface area contributed by atoms with Crippen LogP contribution < -0.4 is 0 Å². The van der Waals surface area contributed by atoms with E-state index in [9.17, 15) is 19.8 Å². The van der Waals surface area contributed by atoms with Gasteiger partial charge in [-0.05, 0) is 26.2 Å².